The van der Waals surface area contributed by atoms with Crippen LogP contribution in [0.15, 0.2) is 47.1 Å². The van der Waals surface area contributed by atoms with Crippen LogP contribution in [-0.2, 0) is 0 Å². The summed E-state index contributed by atoms with van der Waals surface area (Å²) in [6, 6.07) is 11.0. The van der Waals surface area contributed by atoms with E-state index in [1.165, 1.54) is 0 Å². The van der Waals surface area contributed by atoms with Gasteiger partial charge in [-0.15, -0.1) is 0 Å². The third-order valence-electron chi connectivity index (χ3n) is 2.99. The topological polar surface area (TPSA) is 57.6 Å². The zero-order valence-corrected chi connectivity index (χ0v) is 11.2. The van der Waals surface area contributed by atoms with E-state index in [4.69, 9.17) is 19.6 Å². The number of hydrogen-bond donors (Lipinski definition) is 1. The summed E-state index contributed by atoms with van der Waals surface area (Å²) in [5.41, 5.74) is 6.11. The van der Waals surface area contributed by atoms with Crippen LogP contribution in [0, 0.1) is 0 Å². The Kier molecular flexibility index (Phi) is 4.47. The predicted octanol–water partition coefficient (Wildman–Crippen LogP) is 3.15. The Labute approximate surface area is 113 Å². The molecule has 4 nitrogen and oxygen atoms in total. The Hall–Kier alpha value is -1.94. The third-order valence-corrected chi connectivity index (χ3v) is 2.99. The molecule has 19 heavy (non-hydrogen) atoms. The lowest BCUT2D eigenvalue weighted by Crippen LogP contribution is -2.31. The minimum atomic E-state index is -0.299. The van der Waals surface area contributed by atoms with Crippen molar-refractivity contribution >= 4 is 0 Å². The molecule has 2 rings (SSSR count). The molecular formula is C15H19NO3. The molecular weight excluding hydrogens is 242 g/mol. The molecule has 0 spiro atoms. The normalized spacial score (nSPS) is 13.8. The SMILES string of the molecule is CCC(N)C(Oc1cccc(OC)c1)c1ccco1. The summed E-state index contributed by atoms with van der Waals surface area (Å²) in [7, 11) is 1.63. The van der Waals surface area contributed by atoms with Gasteiger partial charge >= 0.3 is 0 Å². The van der Waals surface area contributed by atoms with Gasteiger partial charge in [0.15, 0.2) is 6.10 Å². The van der Waals surface area contributed by atoms with E-state index < -0.39 is 0 Å². The van der Waals surface area contributed by atoms with Crippen LogP contribution in [0.5, 0.6) is 11.5 Å². The van der Waals surface area contributed by atoms with Crippen molar-refractivity contribution in [1.82, 2.24) is 0 Å². The smallest absolute Gasteiger partial charge is 0.171 e. The van der Waals surface area contributed by atoms with Gasteiger partial charge in [0.05, 0.1) is 13.4 Å². The van der Waals surface area contributed by atoms with Crippen molar-refractivity contribution in [3.63, 3.8) is 0 Å². The van der Waals surface area contributed by atoms with Crippen LogP contribution < -0.4 is 15.2 Å². The maximum atomic E-state index is 6.11. The summed E-state index contributed by atoms with van der Waals surface area (Å²) in [6.45, 7) is 2.02. The van der Waals surface area contributed by atoms with Gasteiger partial charge in [-0.3, -0.25) is 0 Å². The molecule has 0 amide bonds. The minimum absolute atomic E-state index is 0.127. The zero-order chi connectivity index (χ0) is 13.7. The van der Waals surface area contributed by atoms with Crippen molar-refractivity contribution in [2.75, 3.05) is 7.11 Å². The molecule has 2 N–H and O–H groups in total. The molecule has 0 fully saturated rings. The molecule has 1 heterocycles. The van der Waals surface area contributed by atoms with Crippen LogP contribution in [0.25, 0.3) is 0 Å². The van der Waals surface area contributed by atoms with Crippen molar-refractivity contribution < 1.29 is 13.9 Å². The molecule has 2 unspecified atom stereocenters. The molecule has 1 aromatic carbocycles. The van der Waals surface area contributed by atoms with Crippen LogP contribution >= 0.6 is 0 Å². The lowest BCUT2D eigenvalue weighted by Gasteiger charge is -2.22. The average Bonchev–Trinajstić information content (AvgIpc) is 2.98. The standard InChI is InChI=1S/C15H19NO3/c1-3-13(16)15(14-8-5-9-18-14)19-12-7-4-6-11(10-12)17-2/h4-10,13,15H,3,16H2,1-2H3. The molecule has 0 radical (unpaired) electrons. The second kappa shape index (κ2) is 6.29. The van der Waals surface area contributed by atoms with Crippen LogP contribution in [0.3, 0.4) is 0 Å². The number of methoxy groups -OCH3 is 1. The highest BCUT2D eigenvalue weighted by molar-refractivity contribution is 5.33. The van der Waals surface area contributed by atoms with Gasteiger partial charge < -0.3 is 19.6 Å². The maximum Gasteiger partial charge on any atom is 0.171 e. The monoisotopic (exact) mass is 261 g/mol. The fourth-order valence-electron chi connectivity index (χ4n) is 1.84. The summed E-state index contributed by atoms with van der Waals surface area (Å²) in [5, 5.41) is 0. The second-order valence-electron chi connectivity index (χ2n) is 4.30. The van der Waals surface area contributed by atoms with Gasteiger partial charge in [-0.1, -0.05) is 13.0 Å². The van der Waals surface area contributed by atoms with E-state index in [0.29, 0.717) is 5.75 Å². The van der Waals surface area contributed by atoms with Gasteiger partial charge in [0.25, 0.3) is 0 Å². The molecule has 0 bridgehead atoms. The quantitative estimate of drug-likeness (QED) is 0.867. The Bertz CT molecular complexity index is 496. The summed E-state index contributed by atoms with van der Waals surface area (Å²) in [6.07, 6.45) is 2.13. The largest absolute Gasteiger partial charge is 0.497 e. The van der Waals surface area contributed by atoms with E-state index in [0.717, 1.165) is 17.9 Å². The number of benzene rings is 1. The number of nitrogens with two attached hydrogens (primary N) is 1. The van der Waals surface area contributed by atoms with Gasteiger partial charge in [0.2, 0.25) is 0 Å². The van der Waals surface area contributed by atoms with E-state index in [-0.39, 0.29) is 12.1 Å². The highest BCUT2D eigenvalue weighted by Crippen LogP contribution is 2.28. The molecule has 1 aromatic heterocycles. The lowest BCUT2D eigenvalue weighted by molar-refractivity contribution is 0.144. The van der Waals surface area contributed by atoms with E-state index in [9.17, 15) is 0 Å². The molecule has 2 aromatic rings. The molecule has 0 saturated heterocycles. The third kappa shape index (κ3) is 3.29. The van der Waals surface area contributed by atoms with E-state index in [2.05, 4.69) is 0 Å². The maximum absolute atomic E-state index is 6.11. The second-order valence-corrected chi connectivity index (χ2v) is 4.30. The van der Waals surface area contributed by atoms with Crippen molar-refractivity contribution in [3.05, 3.63) is 48.4 Å². The molecule has 4 heteroatoms. The van der Waals surface area contributed by atoms with Crippen LogP contribution in [-0.4, -0.2) is 13.2 Å². The van der Waals surface area contributed by atoms with Gasteiger partial charge in [0, 0.05) is 12.1 Å². The van der Waals surface area contributed by atoms with Crippen LogP contribution in [0.4, 0.5) is 0 Å². The van der Waals surface area contributed by atoms with Crippen molar-refractivity contribution in [2.45, 2.75) is 25.5 Å². The van der Waals surface area contributed by atoms with Gasteiger partial charge in [-0.05, 0) is 30.7 Å². The fraction of sp³-hybridized carbons (Fsp3) is 0.333. The number of rotatable bonds is 6. The summed E-state index contributed by atoms with van der Waals surface area (Å²) in [4.78, 5) is 0. The average molecular weight is 261 g/mol. The highest BCUT2D eigenvalue weighted by Gasteiger charge is 2.23. The molecule has 0 saturated carbocycles. The summed E-state index contributed by atoms with van der Waals surface area (Å²) >= 11 is 0. The van der Waals surface area contributed by atoms with Crippen molar-refractivity contribution in [3.8, 4) is 11.5 Å². The predicted molar refractivity (Wildman–Crippen MR) is 73.3 cm³/mol. The first kappa shape index (κ1) is 13.5. The fourth-order valence-corrected chi connectivity index (χ4v) is 1.84. The Morgan fingerprint density at radius 2 is 2.00 bits per heavy atom. The summed E-state index contributed by atoms with van der Waals surface area (Å²) < 4.78 is 16.5. The molecule has 2 atom stereocenters. The van der Waals surface area contributed by atoms with Gasteiger partial charge in [-0.25, -0.2) is 0 Å². The molecule has 0 aliphatic carbocycles. The summed E-state index contributed by atoms with van der Waals surface area (Å²) in [5.74, 6) is 2.20. The molecule has 0 aliphatic rings. The Balaban J connectivity index is 2.20. The van der Waals surface area contributed by atoms with E-state index in [1.807, 2.05) is 43.3 Å². The van der Waals surface area contributed by atoms with Gasteiger partial charge in [0.1, 0.15) is 17.3 Å². The molecule has 0 aliphatic heterocycles. The number of hydrogen-bond acceptors (Lipinski definition) is 4. The molecule has 102 valence electrons. The van der Waals surface area contributed by atoms with Crippen molar-refractivity contribution in [2.24, 2.45) is 5.73 Å². The highest BCUT2D eigenvalue weighted by atomic mass is 16.5. The van der Waals surface area contributed by atoms with Crippen LogP contribution in [0.2, 0.25) is 0 Å². The van der Waals surface area contributed by atoms with Crippen molar-refractivity contribution in [1.29, 1.82) is 0 Å². The van der Waals surface area contributed by atoms with Crippen LogP contribution in [0.1, 0.15) is 25.2 Å². The lowest BCUT2D eigenvalue weighted by atomic mass is 10.1. The van der Waals surface area contributed by atoms with E-state index in [1.54, 1.807) is 13.4 Å². The first-order chi connectivity index (χ1) is 9.24. The first-order valence-electron chi connectivity index (χ1n) is 6.34. The number of ether oxygens (including phenoxy) is 2. The van der Waals surface area contributed by atoms with Gasteiger partial charge in [-0.2, -0.15) is 0 Å². The van der Waals surface area contributed by atoms with E-state index >= 15 is 0 Å². The minimum Gasteiger partial charge on any atom is -0.497 e. The number of furan rings is 1. The zero-order valence-electron chi connectivity index (χ0n) is 11.2. The Morgan fingerprint density at radius 3 is 2.63 bits per heavy atom. The Morgan fingerprint density at radius 1 is 1.21 bits per heavy atom. The first-order valence-corrected chi connectivity index (χ1v) is 6.34.